The summed E-state index contributed by atoms with van der Waals surface area (Å²) in [5.41, 5.74) is -0.360. The van der Waals surface area contributed by atoms with Gasteiger partial charge in [0.1, 0.15) is 11.9 Å². The van der Waals surface area contributed by atoms with Crippen molar-refractivity contribution < 1.29 is 27.4 Å². The molecule has 1 aromatic rings. The van der Waals surface area contributed by atoms with Crippen molar-refractivity contribution in [3.8, 4) is 0 Å². The van der Waals surface area contributed by atoms with Crippen LogP contribution in [-0.4, -0.2) is 74.1 Å². The topological polar surface area (TPSA) is 69.1 Å². The molecule has 0 aliphatic carbocycles. The van der Waals surface area contributed by atoms with Gasteiger partial charge in [-0.3, -0.25) is 9.36 Å². The molecule has 8 nitrogen and oxygen atoms in total. The third kappa shape index (κ3) is 3.35. The van der Waals surface area contributed by atoms with Crippen molar-refractivity contribution >= 4 is 11.8 Å². The van der Waals surface area contributed by atoms with Crippen LogP contribution in [0, 0.1) is 0 Å². The van der Waals surface area contributed by atoms with Crippen molar-refractivity contribution in [3.05, 3.63) is 16.4 Å². The van der Waals surface area contributed by atoms with Crippen molar-refractivity contribution in [2.75, 3.05) is 43.7 Å². The number of fused-ring (bicyclic) bond motifs is 3. The summed E-state index contributed by atoms with van der Waals surface area (Å²) in [6.07, 6.45) is -4.67. The molecule has 4 rings (SSSR count). The van der Waals surface area contributed by atoms with Gasteiger partial charge in [0.2, 0.25) is 5.95 Å². The standard InChI is InChI=1S/C17H23F3N4O4/c1-26-15(27-2)8-24-12(17(18,19)20)3-4-22-14(25)6-13(21-16(22)24)23-7-11-5-10(23)9-28-11/h6,10-12,15H,3-5,7-9H2,1-2H3/t10?,11-,12-/m0/s1. The maximum atomic E-state index is 13.7. The maximum absolute atomic E-state index is 13.7. The predicted octanol–water partition coefficient (Wildman–Crippen LogP) is 0.981. The minimum absolute atomic E-state index is 0.00105. The van der Waals surface area contributed by atoms with E-state index in [0.717, 1.165) is 11.3 Å². The Kier molecular flexibility index (Phi) is 5.00. The van der Waals surface area contributed by atoms with Gasteiger partial charge in [-0.05, 0) is 12.8 Å². The molecule has 2 saturated heterocycles. The van der Waals surface area contributed by atoms with Crippen LogP contribution in [0.4, 0.5) is 24.9 Å². The lowest BCUT2D eigenvalue weighted by Gasteiger charge is -2.40. The van der Waals surface area contributed by atoms with Crippen molar-refractivity contribution in [3.63, 3.8) is 0 Å². The number of nitrogens with zero attached hydrogens (tertiary/aromatic N) is 4. The van der Waals surface area contributed by atoms with Crippen molar-refractivity contribution in [1.29, 1.82) is 0 Å². The number of halogens is 3. The molecule has 4 heterocycles. The molecule has 0 N–H and O–H groups in total. The molecule has 2 bridgehead atoms. The second-order valence-electron chi connectivity index (χ2n) is 7.30. The van der Waals surface area contributed by atoms with Crippen LogP contribution in [0.15, 0.2) is 10.9 Å². The van der Waals surface area contributed by atoms with Crippen molar-refractivity contribution in [2.45, 2.75) is 50.0 Å². The zero-order valence-electron chi connectivity index (χ0n) is 15.7. The highest BCUT2D eigenvalue weighted by atomic mass is 19.4. The van der Waals surface area contributed by atoms with Gasteiger partial charge in [-0.25, -0.2) is 0 Å². The smallest absolute Gasteiger partial charge is 0.374 e. The van der Waals surface area contributed by atoms with Gasteiger partial charge in [0.25, 0.3) is 5.56 Å². The molecule has 0 amide bonds. The SMILES string of the molecule is COC(CN1c2nc(N3C[C@@H]4CC3CO4)cc(=O)n2CC[C@H]1C(F)(F)F)OC. The minimum Gasteiger partial charge on any atom is -0.374 e. The van der Waals surface area contributed by atoms with E-state index in [1.54, 1.807) is 0 Å². The highest BCUT2D eigenvalue weighted by molar-refractivity contribution is 5.49. The van der Waals surface area contributed by atoms with Crippen LogP contribution in [0.25, 0.3) is 0 Å². The summed E-state index contributed by atoms with van der Waals surface area (Å²) in [6.45, 7) is 0.890. The molecule has 3 aliphatic heterocycles. The van der Waals surface area contributed by atoms with E-state index in [0.29, 0.717) is 19.0 Å². The Morgan fingerprint density at radius 2 is 2.11 bits per heavy atom. The second kappa shape index (κ2) is 7.20. The first-order chi connectivity index (χ1) is 13.3. The predicted molar refractivity (Wildman–Crippen MR) is 93.6 cm³/mol. The van der Waals surface area contributed by atoms with E-state index in [-0.39, 0.29) is 43.2 Å². The lowest BCUT2D eigenvalue weighted by molar-refractivity contribution is -0.158. The first-order valence-electron chi connectivity index (χ1n) is 9.21. The zero-order chi connectivity index (χ0) is 20.1. The largest absolute Gasteiger partial charge is 0.408 e. The van der Waals surface area contributed by atoms with Crippen LogP contribution >= 0.6 is 0 Å². The summed E-state index contributed by atoms with van der Waals surface area (Å²) < 4.78 is 58.2. The van der Waals surface area contributed by atoms with Crippen LogP contribution in [0.1, 0.15) is 12.8 Å². The minimum atomic E-state index is -4.47. The summed E-state index contributed by atoms with van der Waals surface area (Å²) >= 11 is 0. The molecular formula is C17H23F3N4O4. The maximum Gasteiger partial charge on any atom is 0.408 e. The number of rotatable bonds is 5. The highest BCUT2D eigenvalue weighted by Crippen LogP contribution is 2.36. The van der Waals surface area contributed by atoms with Crippen molar-refractivity contribution in [1.82, 2.24) is 9.55 Å². The molecule has 11 heteroatoms. The van der Waals surface area contributed by atoms with Gasteiger partial charge in [-0.2, -0.15) is 18.2 Å². The van der Waals surface area contributed by atoms with Gasteiger partial charge in [0.05, 0.1) is 25.3 Å². The van der Waals surface area contributed by atoms with E-state index in [9.17, 15) is 18.0 Å². The number of methoxy groups -OCH3 is 2. The Morgan fingerprint density at radius 1 is 1.36 bits per heavy atom. The summed E-state index contributed by atoms with van der Waals surface area (Å²) in [7, 11) is 2.72. The van der Waals surface area contributed by atoms with Gasteiger partial charge in [0, 0.05) is 33.4 Å². The summed E-state index contributed by atoms with van der Waals surface area (Å²) in [6, 6.07) is -0.262. The highest BCUT2D eigenvalue weighted by Gasteiger charge is 2.48. The monoisotopic (exact) mass is 404 g/mol. The fraction of sp³-hybridized carbons (Fsp3) is 0.765. The fourth-order valence-electron chi connectivity index (χ4n) is 4.24. The Labute approximate surface area is 159 Å². The van der Waals surface area contributed by atoms with Crippen LogP contribution in [0.3, 0.4) is 0 Å². The quantitative estimate of drug-likeness (QED) is 0.678. The number of alkyl halides is 3. The number of anilines is 2. The molecule has 0 spiro atoms. The van der Waals surface area contributed by atoms with Gasteiger partial charge in [-0.15, -0.1) is 0 Å². The van der Waals surface area contributed by atoms with Crippen LogP contribution in [-0.2, 0) is 20.8 Å². The molecule has 1 unspecified atom stereocenters. The lowest BCUT2D eigenvalue weighted by Crippen LogP contribution is -2.55. The van der Waals surface area contributed by atoms with E-state index >= 15 is 0 Å². The Balaban J connectivity index is 1.74. The third-order valence-corrected chi connectivity index (χ3v) is 5.68. The number of hydrogen-bond donors (Lipinski definition) is 0. The van der Waals surface area contributed by atoms with Crippen molar-refractivity contribution in [2.24, 2.45) is 0 Å². The van der Waals surface area contributed by atoms with Gasteiger partial charge < -0.3 is 24.0 Å². The first-order valence-corrected chi connectivity index (χ1v) is 9.21. The Hall–Kier alpha value is -1.85. The van der Waals surface area contributed by atoms with E-state index < -0.39 is 18.5 Å². The average Bonchev–Trinajstić information content (AvgIpc) is 3.28. The zero-order valence-corrected chi connectivity index (χ0v) is 15.7. The molecule has 0 aromatic carbocycles. The molecule has 3 aliphatic rings. The summed E-state index contributed by atoms with van der Waals surface area (Å²) in [5, 5.41) is 0. The number of hydrogen-bond acceptors (Lipinski definition) is 7. The lowest BCUT2D eigenvalue weighted by atomic mass is 10.1. The number of ether oxygens (including phenoxy) is 3. The van der Waals surface area contributed by atoms with Crippen LogP contribution in [0.5, 0.6) is 0 Å². The first kappa shape index (κ1) is 19.5. The van der Waals surface area contributed by atoms with E-state index in [4.69, 9.17) is 14.2 Å². The van der Waals surface area contributed by atoms with Gasteiger partial charge >= 0.3 is 6.18 Å². The molecular weight excluding hydrogens is 381 g/mol. The fourth-order valence-corrected chi connectivity index (χ4v) is 4.24. The number of aromatic nitrogens is 2. The summed E-state index contributed by atoms with van der Waals surface area (Å²) in [5.74, 6) is 0.394. The molecule has 1 aromatic heterocycles. The van der Waals surface area contributed by atoms with Crippen LogP contribution < -0.4 is 15.4 Å². The second-order valence-corrected chi connectivity index (χ2v) is 7.30. The molecule has 0 radical (unpaired) electrons. The van der Waals surface area contributed by atoms with E-state index in [1.807, 2.05) is 4.90 Å². The van der Waals surface area contributed by atoms with Gasteiger partial charge in [0.15, 0.2) is 6.29 Å². The third-order valence-electron chi connectivity index (χ3n) is 5.68. The molecule has 28 heavy (non-hydrogen) atoms. The van der Waals surface area contributed by atoms with E-state index in [2.05, 4.69) is 4.98 Å². The summed E-state index contributed by atoms with van der Waals surface area (Å²) in [4.78, 5) is 20.2. The molecule has 0 saturated carbocycles. The average molecular weight is 404 g/mol. The Bertz CT molecular complexity index is 783. The number of morpholine rings is 1. The van der Waals surface area contributed by atoms with Gasteiger partial charge in [-0.1, -0.05) is 0 Å². The van der Waals surface area contributed by atoms with Crippen LogP contribution in [0.2, 0.25) is 0 Å². The molecule has 2 fully saturated rings. The Morgan fingerprint density at radius 3 is 2.68 bits per heavy atom. The van der Waals surface area contributed by atoms with E-state index in [1.165, 1.54) is 24.9 Å². The molecule has 3 atom stereocenters. The molecule has 156 valence electrons. The normalized spacial score (nSPS) is 27.0.